The second-order valence-corrected chi connectivity index (χ2v) is 9.86. The number of nitrogens with one attached hydrogen (secondary N) is 1. The van der Waals surface area contributed by atoms with E-state index in [0.29, 0.717) is 31.0 Å². The molecule has 8 heteroatoms. The Morgan fingerprint density at radius 3 is 2.45 bits per heavy atom. The van der Waals surface area contributed by atoms with Crippen molar-refractivity contribution in [2.75, 3.05) is 20.2 Å². The number of rotatable bonds is 6. The standard InChI is InChI=1S/C21H25ClN2O4S/c1-21(20(25)23-14-16-4-8-18(28-2)9-5-16)12-3-13-24(15-21)29(26,27)19-10-6-17(22)7-11-19/h4-11H,3,12-15H2,1-2H3,(H,23,25)/t21-/m1/s1. The Bertz CT molecular complexity index is 961. The molecule has 0 spiro atoms. The predicted molar refractivity (Wildman–Crippen MR) is 112 cm³/mol. The second-order valence-electron chi connectivity index (χ2n) is 7.49. The number of nitrogens with zero attached hydrogens (tertiary/aromatic N) is 1. The molecule has 2 aromatic rings. The minimum absolute atomic E-state index is 0.145. The number of sulfonamides is 1. The molecule has 1 aliphatic rings. The van der Waals surface area contributed by atoms with Crippen molar-refractivity contribution in [1.29, 1.82) is 0 Å². The SMILES string of the molecule is COc1ccc(CNC(=O)[C@]2(C)CCCN(S(=O)(=O)c3ccc(Cl)cc3)C2)cc1. The average Bonchev–Trinajstić information content (AvgIpc) is 2.72. The van der Waals surface area contributed by atoms with Gasteiger partial charge in [0.05, 0.1) is 17.4 Å². The summed E-state index contributed by atoms with van der Waals surface area (Å²) in [6.45, 7) is 2.74. The largest absolute Gasteiger partial charge is 0.497 e. The Morgan fingerprint density at radius 2 is 1.83 bits per heavy atom. The molecule has 0 aromatic heterocycles. The van der Waals surface area contributed by atoms with Crippen molar-refractivity contribution in [3.8, 4) is 5.75 Å². The topological polar surface area (TPSA) is 75.7 Å². The first-order valence-corrected chi connectivity index (χ1v) is 11.2. The second kappa shape index (κ2) is 8.73. The van der Waals surface area contributed by atoms with Gasteiger partial charge >= 0.3 is 0 Å². The lowest BCUT2D eigenvalue weighted by atomic mass is 9.82. The minimum atomic E-state index is -3.68. The van der Waals surface area contributed by atoms with E-state index in [0.717, 1.165) is 11.3 Å². The van der Waals surface area contributed by atoms with E-state index in [1.54, 1.807) is 19.2 Å². The lowest BCUT2D eigenvalue weighted by Crippen LogP contribution is -2.51. The fourth-order valence-electron chi connectivity index (χ4n) is 3.48. The highest BCUT2D eigenvalue weighted by molar-refractivity contribution is 7.89. The van der Waals surface area contributed by atoms with Gasteiger partial charge in [-0.1, -0.05) is 23.7 Å². The van der Waals surface area contributed by atoms with Crippen molar-refractivity contribution in [3.05, 3.63) is 59.1 Å². The highest BCUT2D eigenvalue weighted by atomic mass is 35.5. The smallest absolute Gasteiger partial charge is 0.243 e. The number of hydrogen-bond acceptors (Lipinski definition) is 4. The number of benzene rings is 2. The van der Waals surface area contributed by atoms with Gasteiger partial charge < -0.3 is 10.1 Å². The molecule has 1 heterocycles. The monoisotopic (exact) mass is 436 g/mol. The maximum absolute atomic E-state index is 13.0. The summed E-state index contributed by atoms with van der Waals surface area (Å²) in [5, 5.41) is 3.42. The van der Waals surface area contributed by atoms with Gasteiger partial charge in [-0.3, -0.25) is 4.79 Å². The summed E-state index contributed by atoms with van der Waals surface area (Å²) in [5.74, 6) is 0.603. The summed E-state index contributed by atoms with van der Waals surface area (Å²) in [5.41, 5.74) is 0.161. The van der Waals surface area contributed by atoms with Crippen LogP contribution < -0.4 is 10.1 Å². The van der Waals surface area contributed by atoms with Crippen LogP contribution in [0.1, 0.15) is 25.3 Å². The average molecular weight is 437 g/mol. The quantitative estimate of drug-likeness (QED) is 0.752. The third-order valence-electron chi connectivity index (χ3n) is 5.27. The number of halogens is 1. The fourth-order valence-corrected chi connectivity index (χ4v) is 5.21. The molecule has 2 aromatic carbocycles. The molecule has 0 bridgehead atoms. The molecule has 29 heavy (non-hydrogen) atoms. The molecule has 156 valence electrons. The Morgan fingerprint density at radius 1 is 1.17 bits per heavy atom. The number of ether oxygens (including phenoxy) is 1. The van der Waals surface area contributed by atoms with Crippen molar-refractivity contribution in [3.63, 3.8) is 0 Å². The van der Waals surface area contributed by atoms with Gasteiger partial charge in [0, 0.05) is 24.7 Å². The van der Waals surface area contributed by atoms with E-state index < -0.39 is 15.4 Å². The van der Waals surface area contributed by atoms with E-state index in [2.05, 4.69) is 5.32 Å². The third-order valence-corrected chi connectivity index (χ3v) is 7.38. The Hall–Kier alpha value is -2.09. The number of hydrogen-bond donors (Lipinski definition) is 1. The molecule has 0 aliphatic carbocycles. The maximum Gasteiger partial charge on any atom is 0.243 e. The van der Waals surface area contributed by atoms with Crippen LogP contribution in [0.3, 0.4) is 0 Å². The Labute approximate surface area is 176 Å². The van der Waals surface area contributed by atoms with Gasteiger partial charge in [-0.25, -0.2) is 8.42 Å². The lowest BCUT2D eigenvalue weighted by Gasteiger charge is -2.38. The van der Waals surface area contributed by atoms with E-state index >= 15 is 0 Å². The van der Waals surface area contributed by atoms with Crippen LogP contribution in [-0.2, 0) is 21.4 Å². The van der Waals surface area contributed by atoms with E-state index in [9.17, 15) is 13.2 Å². The molecule has 0 unspecified atom stereocenters. The molecule has 1 fully saturated rings. The molecule has 0 radical (unpaired) electrons. The summed E-state index contributed by atoms with van der Waals surface area (Å²) >= 11 is 5.87. The number of carbonyl (C=O) groups is 1. The molecule has 1 saturated heterocycles. The fraction of sp³-hybridized carbons (Fsp3) is 0.381. The van der Waals surface area contributed by atoms with Gasteiger partial charge in [0.25, 0.3) is 0 Å². The van der Waals surface area contributed by atoms with Crippen molar-refractivity contribution in [1.82, 2.24) is 9.62 Å². The van der Waals surface area contributed by atoms with Crippen LogP contribution >= 0.6 is 11.6 Å². The lowest BCUT2D eigenvalue weighted by molar-refractivity contribution is -0.132. The van der Waals surface area contributed by atoms with Gasteiger partial charge in [0.15, 0.2) is 0 Å². The molecule has 1 aliphatic heterocycles. The Balaban J connectivity index is 1.68. The molecule has 0 saturated carbocycles. The molecule has 6 nitrogen and oxygen atoms in total. The van der Waals surface area contributed by atoms with Crippen LogP contribution in [-0.4, -0.2) is 38.8 Å². The summed E-state index contributed by atoms with van der Waals surface area (Å²) in [4.78, 5) is 13.1. The van der Waals surface area contributed by atoms with Crippen LogP contribution in [0.25, 0.3) is 0 Å². The number of methoxy groups -OCH3 is 1. The molecular formula is C21H25ClN2O4S. The molecule has 1 amide bonds. The molecule has 1 N–H and O–H groups in total. The van der Waals surface area contributed by atoms with Crippen LogP contribution in [0.2, 0.25) is 5.02 Å². The van der Waals surface area contributed by atoms with E-state index in [-0.39, 0.29) is 17.3 Å². The molecule has 3 rings (SSSR count). The first-order valence-electron chi connectivity index (χ1n) is 9.41. The molecular weight excluding hydrogens is 412 g/mol. The van der Waals surface area contributed by atoms with E-state index in [4.69, 9.17) is 16.3 Å². The van der Waals surface area contributed by atoms with E-state index in [1.807, 2.05) is 31.2 Å². The van der Waals surface area contributed by atoms with Crippen molar-refractivity contribution in [2.45, 2.75) is 31.2 Å². The van der Waals surface area contributed by atoms with Crippen LogP contribution in [0.15, 0.2) is 53.4 Å². The summed E-state index contributed by atoms with van der Waals surface area (Å²) < 4.78 is 32.5. The zero-order valence-electron chi connectivity index (χ0n) is 16.5. The first kappa shape index (κ1) is 21.6. The summed E-state index contributed by atoms with van der Waals surface area (Å²) in [6.07, 6.45) is 1.26. The van der Waals surface area contributed by atoms with Gasteiger partial charge in [0.2, 0.25) is 15.9 Å². The van der Waals surface area contributed by atoms with Crippen molar-refractivity contribution < 1.29 is 17.9 Å². The van der Waals surface area contributed by atoms with Gasteiger partial charge in [-0.2, -0.15) is 4.31 Å². The summed E-state index contributed by atoms with van der Waals surface area (Å²) in [7, 11) is -2.08. The predicted octanol–water partition coefficient (Wildman–Crippen LogP) is 3.46. The zero-order valence-corrected chi connectivity index (χ0v) is 18.1. The van der Waals surface area contributed by atoms with Gasteiger partial charge in [-0.05, 0) is 61.7 Å². The minimum Gasteiger partial charge on any atom is -0.497 e. The number of amides is 1. The normalized spacial score (nSPS) is 20.2. The number of carbonyl (C=O) groups excluding carboxylic acids is 1. The highest BCUT2D eigenvalue weighted by Crippen LogP contribution is 2.33. The van der Waals surface area contributed by atoms with Crippen LogP contribution in [0.5, 0.6) is 5.75 Å². The zero-order chi connectivity index (χ0) is 21.1. The number of piperidine rings is 1. The van der Waals surface area contributed by atoms with Crippen molar-refractivity contribution in [2.24, 2.45) is 5.41 Å². The first-order chi connectivity index (χ1) is 13.7. The Kier molecular flexibility index (Phi) is 6.51. The van der Waals surface area contributed by atoms with Crippen LogP contribution in [0.4, 0.5) is 0 Å². The maximum atomic E-state index is 13.0. The third kappa shape index (κ3) is 4.91. The van der Waals surface area contributed by atoms with Crippen molar-refractivity contribution >= 4 is 27.5 Å². The van der Waals surface area contributed by atoms with Crippen LogP contribution in [0, 0.1) is 5.41 Å². The van der Waals surface area contributed by atoms with Gasteiger partial charge in [-0.15, -0.1) is 0 Å². The van der Waals surface area contributed by atoms with Gasteiger partial charge in [0.1, 0.15) is 5.75 Å². The summed E-state index contributed by atoms with van der Waals surface area (Å²) in [6, 6.07) is 13.5. The molecule has 1 atom stereocenters. The highest BCUT2D eigenvalue weighted by Gasteiger charge is 2.41. The van der Waals surface area contributed by atoms with E-state index in [1.165, 1.54) is 16.4 Å².